The van der Waals surface area contributed by atoms with Crippen molar-refractivity contribution >= 4 is 0 Å². The SMILES string of the molecule is Cc1ccc(-c2[c-]cc(-c3ccccc3-c3cc(CCc4c[c-]c(-c5ccccn5)cc4)cc(CCc4c[c-]c(-c5ccccn5)cc4)c3)c(-c3ccc(-c4ccc(C#N)cc4)c(F)c3)c2)nc1.[Ir+3]. The van der Waals surface area contributed by atoms with E-state index in [-0.39, 0.29) is 25.9 Å². The summed E-state index contributed by atoms with van der Waals surface area (Å²) in [5.41, 5.74) is 18.8. The van der Waals surface area contributed by atoms with Gasteiger partial charge in [0.2, 0.25) is 0 Å². The van der Waals surface area contributed by atoms with E-state index in [4.69, 9.17) is 4.98 Å². The van der Waals surface area contributed by atoms with Crippen molar-refractivity contribution in [2.75, 3.05) is 0 Å². The molecule has 0 atom stereocenters. The standard InChI is InChI=1S/C63H44FN4.Ir/c1-43-12-33-63(68-42-43)53-30-32-58(59(39-53)52-29-31-56(60(64)40-52)49-23-21-46(41-65)22-24-49)57-9-3-2-8-55(57)54-37-47(15-13-44-17-25-50(26-18-44)61-10-4-6-34-66-61)36-48(38-54)16-14-45-19-27-51(28-20-45)62-11-5-7-35-67-62;/h2-12,17-25,27,29,31-40,42H,13-16H2,1H3;/q-3;+3. The minimum Gasteiger partial charge on any atom is -0.305 e. The van der Waals surface area contributed by atoms with Crippen LogP contribution in [0.3, 0.4) is 0 Å². The molecule has 0 unspecified atom stereocenters. The van der Waals surface area contributed by atoms with Crippen LogP contribution in [0.2, 0.25) is 0 Å². The van der Waals surface area contributed by atoms with E-state index in [1.54, 1.807) is 30.3 Å². The third-order valence-electron chi connectivity index (χ3n) is 12.4. The molecular formula is C63H44FIrN4. The van der Waals surface area contributed by atoms with E-state index < -0.39 is 0 Å². The van der Waals surface area contributed by atoms with Crippen molar-refractivity contribution in [3.63, 3.8) is 0 Å². The molecule has 0 N–H and O–H groups in total. The topological polar surface area (TPSA) is 62.5 Å². The van der Waals surface area contributed by atoms with Crippen LogP contribution in [0.25, 0.3) is 78.3 Å². The van der Waals surface area contributed by atoms with Crippen LogP contribution in [-0.4, -0.2) is 15.0 Å². The first kappa shape index (κ1) is 46.2. The second-order valence-electron chi connectivity index (χ2n) is 17.0. The van der Waals surface area contributed by atoms with Gasteiger partial charge >= 0.3 is 20.1 Å². The predicted octanol–water partition coefficient (Wildman–Crippen LogP) is 14.8. The maximum Gasteiger partial charge on any atom is 3.00 e. The monoisotopic (exact) mass is 1070 g/mol. The molecule has 0 spiro atoms. The van der Waals surface area contributed by atoms with Crippen molar-refractivity contribution in [2.24, 2.45) is 0 Å². The largest absolute Gasteiger partial charge is 3.00 e. The van der Waals surface area contributed by atoms with E-state index in [1.807, 2.05) is 92.2 Å². The van der Waals surface area contributed by atoms with Gasteiger partial charge in [0.15, 0.2) is 0 Å². The van der Waals surface area contributed by atoms with Crippen LogP contribution in [0.5, 0.6) is 0 Å². The van der Waals surface area contributed by atoms with E-state index in [9.17, 15) is 5.26 Å². The summed E-state index contributed by atoms with van der Waals surface area (Å²) < 4.78 is 16.3. The molecule has 10 aromatic rings. The number of hydrogen-bond acceptors (Lipinski definition) is 4. The van der Waals surface area contributed by atoms with Gasteiger partial charge in [0, 0.05) is 24.2 Å². The molecule has 0 fully saturated rings. The molecule has 7 aromatic carbocycles. The van der Waals surface area contributed by atoms with E-state index in [0.29, 0.717) is 16.7 Å². The number of pyridine rings is 3. The van der Waals surface area contributed by atoms with Crippen molar-refractivity contribution in [1.82, 2.24) is 15.0 Å². The predicted molar refractivity (Wildman–Crippen MR) is 271 cm³/mol. The molecule has 0 bridgehead atoms. The molecule has 3 aromatic heterocycles. The van der Waals surface area contributed by atoms with Crippen LogP contribution in [0.15, 0.2) is 201 Å². The average Bonchev–Trinajstić information content (AvgIpc) is 3.40. The first-order valence-electron chi connectivity index (χ1n) is 22.8. The molecule has 0 aliphatic carbocycles. The van der Waals surface area contributed by atoms with Crippen molar-refractivity contribution in [2.45, 2.75) is 32.6 Å². The second-order valence-corrected chi connectivity index (χ2v) is 17.0. The first-order valence-corrected chi connectivity index (χ1v) is 22.8. The van der Waals surface area contributed by atoms with Crippen molar-refractivity contribution < 1.29 is 24.5 Å². The molecule has 0 aliphatic rings. The fourth-order valence-electron chi connectivity index (χ4n) is 8.71. The number of nitrogens with zero attached hydrogens (tertiary/aromatic N) is 4. The van der Waals surface area contributed by atoms with Crippen LogP contribution in [0.4, 0.5) is 4.39 Å². The third kappa shape index (κ3) is 10.8. The smallest absolute Gasteiger partial charge is 0.305 e. The molecule has 0 radical (unpaired) electrons. The Balaban J connectivity index is 0.00000593. The number of benzene rings is 7. The number of rotatable bonds is 13. The number of nitriles is 1. The molecule has 10 rings (SSSR count). The van der Waals surface area contributed by atoms with Crippen LogP contribution in [0.1, 0.15) is 33.4 Å². The summed E-state index contributed by atoms with van der Waals surface area (Å²) in [6.07, 6.45) is 8.86. The van der Waals surface area contributed by atoms with Crippen molar-refractivity contribution in [3.05, 3.63) is 258 Å². The molecule has 0 saturated carbocycles. The van der Waals surface area contributed by atoms with Crippen molar-refractivity contribution in [1.29, 1.82) is 5.26 Å². The molecular weight excluding hydrogens is 1020 g/mol. The van der Waals surface area contributed by atoms with Gasteiger partial charge in [-0.3, -0.25) is 0 Å². The van der Waals surface area contributed by atoms with Gasteiger partial charge in [0.25, 0.3) is 0 Å². The van der Waals surface area contributed by atoms with Crippen LogP contribution >= 0.6 is 0 Å². The van der Waals surface area contributed by atoms with E-state index in [2.05, 4.69) is 119 Å². The summed E-state index contributed by atoms with van der Waals surface area (Å²) >= 11 is 0. The second kappa shape index (κ2) is 21.3. The van der Waals surface area contributed by atoms with Gasteiger partial charge < -0.3 is 15.0 Å². The number of aryl methyl sites for hydroxylation is 5. The number of hydrogen-bond donors (Lipinski definition) is 0. The Bertz CT molecular complexity index is 3280. The van der Waals surface area contributed by atoms with Gasteiger partial charge in [-0.15, -0.1) is 94.5 Å². The van der Waals surface area contributed by atoms with E-state index in [0.717, 1.165) is 98.4 Å². The molecule has 0 aliphatic heterocycles. The quantitative estimate of drug-likeness (QED) is 0.108. The zero-order chi connectivity index (χ0) is 46.2. The third-order valence-corrected chi connectivity index (χ3v) is 12.4. The van der Waals surface area contributed by atoms with Crippen LogP contribution < -0.4 is 0 Å². The summed E-state index contributed by atoms with van der Waals surface area (Å²) in [5, 5.41) is 9.35. The minimum atomic E-state index is -0.348. The molecule has 6 heteroatoms. The molecule has 0 amide bonds. The molecule has 3 heterocycles. The molecule has 332 valence electrons. The Kier molecular flexibility index (Phi) is 14.3. The Morgan fingerprint density at radius 2 is 1.03 bits per heavy atom. The van der Waals surface area contributed by atoms with Crippen LogP contribution in [0, 0.1) is 42.3 Å². The summed E-state index contributed by atoms with van der Waals surface area (Å²) in [7, 11) is 0. The summed E-state index contributed by atoms with van der Waals surface area (Å²) in [6.45, 7) is 2.02. The van der Waals surface area contributed by atoms with Gasteiger partial charge in [-0.05, 0) is 106 Å². The zero-order valence-electron chi connectivity index (χ0n) is 37.9. The Morgan fingerprint density at radius 3 is 1.58 bits per heavy atom. The molecule has 4 nitrogen and oxygen atoms in total. The molecule has 69 heavy (non-hydrogen) atoms. The van der Waals surface area contributed by atoms with E-state index in [1.165, 1.54) is 22.3 Å². The molecule has 0 saturated heterocycles. The number of aromatic nitrogens is 3. The Hall–Kier alpha value is -7.94. The maximum absolute atomic E-state index is 16.3. The average molecular weight is 1070 g/mol. The Labute approximate surface area is 417 Å². The van der Waals surface area contributed by atoms with Gasteiger partial charge in [-0.25, -0.2) is 4.39 Å². The van der Waals surface area contributed by atoms with Gasteiger partial charge in [0.05, 0.1) is 11.6 Å². The van der Waals surface area contributed by atoms with Gasteiger partial charge in [0.1, 0.15) is 5.82 Å². The van der Waals surface area contributed by atoms with Gasteiger partial charge in [-0.1, -0.05) is 133 Å². The van der Waals surface area contributed by atoms with Crippen LogP contribution in [-0.2, 0) is 45.8 Å². The number of halogens is 1. The summed E-state index contributed by atoms with van der Waals surface area (Å²) in [6, 6.07) is 73.3. The normalized spacial score (nSPS) is 10.9. The van der Waals surface area contributed by atoms with Gasteiger partial charge in [-0.2, -0.15) is 5.26 Å². The zero-order valence-corrected chi connectivity index (χ0v) is 40.3. The first-order chi connectivity index (χ1) is 33.4. The summed E-state index contributed by atoms with van der Waals surface area (Å²) in [4.78, 5) is 13.7. The maximum atomic E-state index is 16.3. The van der Waals surface area contributed by atoms with E-state index >= 15 is 4.39 Å². The summed E-state index contributed by atoms with van der Waals surface area (Å²) in [5.74, 6) is -0.348. The fraction of sp³-hybridized carbons (Fsp3) is 0.0794. The minimum absolute atomic E-state index is 0. The fourth-order valence-corrected chi connectivity index (χ4v) is 8.71. The van der Waals surface area contributed by atoms with Crippen molar-refractivity contribution in [3.8, 4) is 84.3 Å². The Morgan fingerprint density at radius 1 is 0.449 bits per heavy atom.